The molecule has 0 bridgehead atoms. The van der Waals surface area contributed by atoms with Crippen LogP contribution < -0.4 is 10.1 Å². The van der Waals surface area contributed by atoms with Gasteiger partial charge in [0, 0.05) is 34.4 Å². The van der Waals surface area contributed by atoms with E-state index in [1.807, 2.05) is 12.1 Å². The highest BCUT2D eigenvalue weighted by Crippen LogP contribution is 2.53. The quantitative estimate of drug-likeness (QED) is 0.497. The van der Waals surface area contributed by atoms with Gasteiger partial charge in [-0.15, -0.1) is 0 Å². The number of hydrogen-bond donors (Lipinski definition) is 1. The highest BCUT2D eigenvalue weighted by Gasteiger charge is 2.38. The lowest BCUT2D eigenvalue weighted by Crippen LogP contribution is -2.33. The van der Waals surface area contributed by atoms with E-state index >= 15 is 0 Å². The fraction of sp³-hybridized carbons (Fsp3) is 0.385. The van der Waals surface area contributed by atoms with Crippen LogP contribution in [0.2, 0.25) is 0 Å². The van der Waals surface area contributed by atoms with Crippen LogP contribution in [0.4, 0.5) is 14.5 Å². The Kier molecular flexibility index (Phi) is 4.32. The predicted molar refractivity (Wildman–Crippen MR) is 118 cm³/mol. The van der Waals surface area contributed by atoms with Crippen LogP contribution in [0.15, 0.2) is 42.0 Å². The molecular weight excluding hydrogens is 380 g/mol. The molecule has 3 aliphatic rings. The minimum absolute atomic E-state index is 0.157. The van der Waals surface area contributed by atoms with Crippen molar-refractivity contribution >= 4 is 11.3 Å². The first-order chi connectivity index (χ1) is 14.2. The largest absolute Gasteiger partial charge is 0.481 e. The van der Waals surface area contributed by atoms with Gasteiger partial charge in [0.1, 0.15) is 11.9 Å². The molecule has 0 amide bonds. The topological polar surface area (TPSA) is 21.3 Å². The van der Waals surface area contributed by atoms with E-state index in [2.05, 4.69) is 45.2 Å². The van der Waals surface area contributed by atoms with Crippen molar-refractivity contribution in [2.24, 2.45) is 5.92 Å². The first kappa shape index (κ1) is 19.3. The van der Waals surface area contributed by atoms with Gasteiger partial charge < -0.3 is 10.1 Å². The lowest BCUT2D eigenvalue weighted by molar-refractivity contribution is 0.139. The molecule has 0 unspecified atom stereocenters. The number of fused-ring (bicyclic) bond motifs is 5. The van der Waals surface area contributed by atoms with Crippen molar-refractivity contribution in [2.45, 2.75) is 58.6 Å². The van der Waals surface area contributed by atoms with Crippen LogP contribution in [0.3, 0.4) is 0 Å². The molecular formula is C26H27F2NO. The summed E-state index contributed by atoms with van der Waals surface area (Å²) in [5.74, 6) is -0.904. The van der Waals surface area contributed by atoms with Crippen molar-refractivity contribution in [3.05, 3.63) is 64.8 Å². The van der Waals surface area contributed by atoms with Gasteiger partial charge in [-0.1, -0.05) is 23.8 Å². The molecule has 156 valence electrons. The maximum Gasteiger partial charge on any atom is 0.168 e. The van der Waals surface area contributed by atoms with Crippen molar-refractivity contribution in [1.82, 2.24) is 0 Å². The monoisotopic (exact) mass is 407 g/mol. The summed E-state index contributed by atoms with van der Waals surface area (Å²) in [6, 6.07) is 6.32. The van der Waals surface area contributed by atoms with E-state index in [1.165, 1.54) is 11.6 Å². The van der Waals surface area contributed by atoms with Gasteiger partial charge in [-0.25, -0.2) is 8.78 Å². The Balaban J connectivity index is 1.79. The standard InChI is InChI=1S/C26H27F2NO/c1-14-6-5-7-16(10-14)24-23-18(19-11-17(27)12-20(28)25(19)30-24)8-9-21-22(23)15(2)13-26(3,4)29-21/h8-13,16,24,29H,5-7H2,1-4H3/t16-,24+/m1/s1. The summed E-state index contributed by atoms with van der Waals surface area (Å²) in [6.45, 7) is 8.54. The maximum absolute atomic E-state index is 14.8. The molecule has 0 radical (unpaired) electrons. The zero-order chi connectivity index (χ0) is 21.2. The van der Waals surface area contributed by atoms with Gasteiger partial charge in [0.2, 0.25) is 0 Å². The Morgan fingerprint density at radius 1 is 1.10 bits per heavy atom. The van der Waals surface area contributed by atoms with E-state index in [9.17, 15) is 8.78 Å². The molecule has 30 heavy (non-hydrogen) atoms. The molecule has 4 heteroatoms. The van der Waals surface area contributed by atoms with E-state index < -0.39 is 11.6 Å². The van der Waals surface area contributed by atoms with E-state index in [0.717, 1.165) is 53.3 Å². The van der Waals surface area contributed by atoms with Crippen LogP contribution >= 0.6 is 0 Å². The number of nitrogens with one attached hydrogen (secondary N) is 1. The van der Waals surface area contributed by atoms with Gasteiger partial charge in [0.15, 0.2) is 11.6 Å². The van der Waals surface area contributed by atoms with Gasteiger partial charge in [-0.05, 0) is 70.2 Å². The molecule has 2 aromatic carbocycles. The second kappa shape index (κ2) is 6.69. The van der Waals surface area contributed by atoms with Crippen molar-refractivity contribution in [3.63, 3.8) is 0 Å². The molecule has 2 nitrogen and oxygen atoms in total. The SMILES string of the molecule is CC1=C[C@H]([C@@H]2Oc3c(F)cc(F)cc3-c3ccc4c(c32)C(C)=CC(C)(C)N4)CCC1. The third kappa shape index (κ3) is 3.05. The molecule has 0 saturated heterocycles. The highest BCUT2D eigenvalue weighted by atomic mass is 19.1. The second-order valence-corrected chi connectivity index (χ2v) is 9.50. The fourth-order valence-electron chi connectivity index (χ4n) is 5.43. The smallest absolute Gasteiger partial charge is 0.168 e. The van der Waals surface area contributed by atoms with Crippen LogP contribution in [-0.4, -0.2) is 5.54 Å². The molecule has 0 aromatic heterocycles. The second-order valence-electron chi connectivity index (χ2n) is 9.50. The minimum atomic E-state index is -0.638. The van der Waals surface area contributed by atoms with Gasteiger partial charge in [-0.3, -0.25) is 0 Å². The number of benzene rings is 2. The number of halogens is 2. The molecule has 1 N–H and O–H groups in total. The van der Waals surface area contributed by atoms with Crippen molar-refractivity contribution in [1.29, 1.82) is 0 Å². The number of hydrogen-bond acceptors (Lipinski definition) is 2. The summed E-state index contributed by atoms with van der Waals surface area (Å²) < 4.78 is 35.3. The Labute approximate surface area is 176 Å². The summed E-state index contributed by atoms with van der Waals surface area (Å²) in [7, 11) is 0. The molecule has 2 heterocycles. The summed E-state index contributed by atoms with van der Waals surface area (Å²) in [6.07, 6.45) is 7.37. The van der Waals surface area contributed by atoms with E-state index in [0.29, 0.717) is 5.56 Å². The van der Waals surface area contributed by atoms with E-state index in [4.69, 9.17) is 4.74 Å². The fourth-order valence-corrected chi connectivity index (χ4v) is 5.43. The van der Waals surface area contributed by atoms with E-state index in [-0.39, 0.29) is 23.3 Å². The summed E-state index contributed by atoms with van der Waals surface area (Å²) in [4.78, 5) is 0. The summed E-state index contributed by atoms with van der Waals surface area (Å²) >= 11 is 0. The normalized spacial score (nSPS) is 23.8. The number of allylic oxidation sites excluding steroid dienone is 2. The molecule has 2 atom stereocenters. The Morgan fingerprint density at radius 3 is 2.67 bits per heavy atom. The van der Waals surface area contributed by atoms with Crippen LogP contribution in [-0.2, 0) is 0 Å². The van der Waals surface area contributed by atoms with Crippen molar-refractivity contribution in [3.8, 4) is 16.9 Å². The third-order valence-electron chi connectivity index (χ3n) is 6.50. The average Bonchev–Trinajstić information content (AvgIpc) is 2.65. The maximum atomic E-state index is 14.8. The Hall–Kier alpha value is -2.62. The molecule has 0 spiro atoms. The Morgan fingerprint density at radius 2 is 1.90 bits per heavy atom. The predicted octanol–water partition coefficient (Wildman–Crippen LogP) is 7.42. The zero-order valence-corrected chi connectivity index (χ0v) is 17.9. The third-order valence-corrected chi connectivity index (χ3v) is 6.50. The molecule has 2 aromatic rings. The lowest BCUT2D eigenvalue weighted by Gasteiger charge is -2.39. The first-order valence-corrected chi connectivity index (χ1v) is 10.7. The Bertz CT molecular complexity index is 1110. The molecule has 1 aliphatic carbocycles. The van der Waals surface area contributed by atoms with E-state index in [1.54, 1.807) is 0 Å². The summed E-state index contributed by atoms with van der Waals surface area (Å²) in [5, 5.41) is 3.60. The van der Waals surface area contributed by atoms with Crippen LogP contribution in [0.1, 0.15) is 64.2 Å². The van der Waals surface area contributed by atoms with Crippen molar-refractivity contribution < 1.29 is 13.5 Å². The van der Waals surface area contributed by atoms with Crippen LogP contribution in [0.25, 0.3) is 16.7 Å². The number of ether oxygens (including phenoxy) is 1. The number of anilines is 1. The summed E-state index contributed by atoms with van der Waals surface area (Å²) in [5.41, 5.74) is 6.90. The van der Waals surface area contributed by atoms with Gasteiger partial charge in [0.25, 0.3) is 0 Å². The molecule has 0 saturated carbocycles. The average molecular weight is 408 g/mol. The first-order valence-electron chi connectivity index (χ1n) is 10.7. The van der Waals surface area contributed by atoms with Gasteiger partial charge in [0.05, 0.1) is 5.54 Å². The molecule has 0 fully saturated rings. The highest BCUT2D eigenvalue weighted by molar-refractivity contribution is 5.89. The zero-order valence-electron chi connectivity index (χ0n) is 17.9. The number of rotatable bonds is 1. The van der Waals surface area contributed by atoms with Gasteiger partial charge in [-0.2, -0.15) is 0 Å². The van der Waals surface area contributed by atoms with Gasteiger partial charge >= 0.3 is 0 Å². The van der Waals surface area contributed by atoms with Crippen LogP contribution in [0, 0.1) is 17.6 Å². The lowest BCUT2D eigenvalue weighted by atomic mass is 9.76. The van der Waals surface area contributed by atoms with Crippen molar-refractivity contribution in [2.75, 3.05) is 5.32 Å². The minimum Gasteiger partial charge on any atom is -0.481 e. The molecule has 5 rings (SSSR count). The van der Waals surface area contributed by atoms with Crippen LogP contribution in [0.5, 0.6) is 5.75 Å². The molecule has 2 aliphatic heterocycles.